The van der Waals surface area contributed by atoms with Crippen molar-refractivity contribution in [2.24, 2.45) is 0 Å². The van der Waals surface area contributed by atoms with Crippen LogP contribution in [0, 0.1) is 0 Å². The van der Waals surface area contributed by atoms with Crippen molar-refractivity contribution in [3.8, 4) is 26.9 Å². The number of amides is 1. The molecule has 0 spiro atoms. The first-order valence-electron chi connectivity index (χ1n) is 11.2. The van der Waals surface area contributed by atoms with Crippen molar-refractivity contribution in [1.82, 2.24) is 24.6 Å². The molecular formula is C24H29N5O3S. The van der Waals surface area contributed by atoms with Crippen molar-refractivity contribution in [2.45, 2.75) is 38.5 Å². The van der Waals surface area contributed by atoms with Gasteiger partial charge in [-0.15, -0.1) is 11.3 Å². The molecule has 0 aliphatic carbocycles. The molecule has 4 heterocycles. The molecule has 1 aromatic carbocycles. The van der Waals surface area contributed by atoms with Gasteiger partial charge in [-0.2, -0.15) is 5.10 Å². The quantitative estimate of drug-likeness (QED) is 0.581. The molecule has 1 saturated heterocycles. The van der Waals surface area contributed by atoms with Crippen LogP contribution in [0.25, 0.3) is 21.1 Å². The van der Waals surface area contributed by atoms with E-state index in [1.54, 1.807) is 29.9 Å². The van der Waals surface area contributed by atoms with Crippen LogP contribution in [0.4, 0.5) is 0 Å². The molecule has 1 fully saturated rings. The molecule has 3 aromatic rings. The minimum Gasteiger partial charge on any atom is -0.493 e. The molecule has 0 radical (unpaired) electrons. The van der Waals surface area contributed by atoms with Gasteiger partial charge < -0.3 is 19.6 Å². The average Bonchev–Trinajstić information content (AvgIpc) is 3.35. The van der Waals surface area contributed by atoms with Crippen molar-refractivity contribution in [2.75, 3.05) is 33.3 Å². The van der Waals surface area contributed by atoms with Gasteiger partial charge in [0.15, 0.2) is 5.82 Å². The van der Waals surface area contributed by atoms with E-state index in [1.807, 2.05) is 11.0 Å². The number of thiophene rings is 1. The zero-order valence-corrected chi connectivity index (χ0v) is 20.0. The van der Waals surface area contributed by atoms with Crippen LogP contribution < -0.4 is 4.74 Å². The van der Waals surface area contributed by atoms with Gasteiger partial charge in [0.25, 0.3) is 0 Å². The van der Waals surface area contributed by atoms with Crippen LogP contribution in [0.1, 0.15) is 31.0 Å². The van der Waals surface area contributed by atoms with E-state index in [-0.39, 0.29) is 6.04 Å². The summed E-state index contributed by atoms with van der Waals surface area (Å²) in [6.07, 6.45) is 3.31. The Morgan fingerprint density at radius 3 is 2.94 bits per heavy atom. The molecule has 1 amide bonds. The van der Waals surface area contributed by atoms with Gasteiger partial charge in [0.2, 0.25) is 6.41 Å². The SMILES string of the molecule is CN1CCN(C=O)C(c2ccc3c(c2)-c2sc(-c4ncnn4CC(C)(C)O)cc2CCO3)C1. The fraction of sp³-hybridized carbons (Fsp3) is 0.458. The van der Waals surface area contributed by atoms with Crippen LogP contribution in [-0.2, 0) is 17.8 Å². The average molecular weight is 468 g/mol. The molecule has 5 rings (SSSR count). The molecule has 0 saturated carbocycles. The molecule has 1 atom stereocenters. The Hall–Kier alpha value is -2.75. The van der Waals surface area contributed by atoms with Crippen LogP contribution in [0.3, 0.4) is 0 Å². The number of hydrogen-bond acceptors (Lipinski definition) is 7. The van der Waals surface area contributed by atoms with Gasteiger partial charge in [0.1, 0.15) is 12.1 Å². The van der Waals surface area contributed by atoms with E-state index in [0.717, 1.165) is 60.0 Å². The monoisotopic (exact) mass is 467 g/mol. The van der Waals surface area contributed by atoms with Crippen molar-refractivity contribution >= 4 is 17.7 Å². The number of aromatic nitrogens is 3. The van der Waals surface area contributed by atoms with Crippen LogP contribution in [0.15, 0.2) is 30.6 Å². The third kappa shape index (κ3) is 4.40. The number of piperazine rings is 1. The second-order valence-electron chi connectivity index (χ2n) is 9.49. The molecule has 2 aliphatic rings. The largest absolute Gasteiger partial charge is 0.493 e. The maximum Gasteiger partial charge on any atom is 0.210 e. The van der Waals surface area contributed by atoms with E-state index in [2.05, 4.69) is 40.2 Å². The molecule has 8 nitrogen and oxygen atoms in total. The van der Waals surface area contributed by atoms with Gasteiger partial charge in [-0.25, -0.2) is 9.67 Å². The number of likely N-dealkylation sites (N-methyl/N-ethyl adjacent to an activating group) is 1. The summed E-state index contributed by atoms with van der Waals surface area (Å²) in [6, 6.07) is 8.49. The highest BCUT2D eigenvalue weighted by molar-refractivity contribution is 7.19. The summed E-state index contributed by atoms with van der Waals surface area (Å²) >= 11 is 1.67. The lowest BCUT2D eigenvalue weighted by molar-refractivity contribution is -0.122. The molecule has 33 heavy (non-hydrogen) atoms. The number of ether oxygens (including phenoxy) is 1. The number of aliphatic hydroxyl groups is 1. The standard InChI is InChI=1S/C24H29N5O3S/c1-24(2,31)13-29-23(25-14-26-29)21-11-17-6-9-32-20-5-4-16(10-18(20)22(17)33-21)19-12-27(3)7-8-28(19)15-30/h4-5,10-11,14-15,19,31H,6-9,12-13H2,1-3H3. The maximum absolute atomic E-state index is 11.7. The Labute approximate surface area is 197 Å². The first-order valence-corrected chi connectivity index (χ1v) is 12.0. The van der Waals surface area contributed by atoms with Gasteiger partial charge in [-0.3, -0.25) is 4.79 Å². The fourth-order valence-corrected chi connectivity index (χ4v) is 5.81. The number of rotatable bonds is 5. The lowest BCUT2D eigenvalue weighted by Gasteiger charge is -2.38. The van der Waals surface area contributed by atoms with Gasteiger partial charge in [-0.05, 0) is 50.2 Å². The third-order valence-electron chi connectivity index (χ3n) is 6.20. The Morgan fingerprint density at radius 2 is 2.15 bits per heavy atom. The number of carbonyl (C=O) groups excluding carboxylic acids is 1. The molecule has 0 bridgehead atoms. The van der Waals surface area contributed by atoms with E-state index >= 15 is 0 Å². The normalized spacial score (nSPS) is 18.9. The second-order valence-corrected chi connectivity index (χ2v) is 10.5. The minimum absolute atomic E-state index is 0.0209. The van der Waals surface area contributed by atoms with Crippen LogP contribution in [0.2, 0.25) is 0 Å². The van der Waals surface area contributed by atoms with Gasteiger partial charge in [0, 0.05) is 36.5 Å². The summed E-state index contributed by atoms with van der Waals surface area (Å²) in [5.74, 6) is 1.63. The van der Waals surface area contributed by atoms with Crippen molar-refractivity contribution < 1.29 is 14.6 Å². The van der Waals surface area contributed by atoms with E-state index in [4.69, 9.17) is 4.74 Å². The summed E-state index contributed by atoms with van der Waals surface area (Å²) in [4.78, 5) is 22.5. The van der Waals surface area contributed by atoms with E-state index in [1.165, 1.54) is 16.8 Å². The summed E-state index contributed by atoms with van der Waals surface area (Å²) in [7, 11) is 2.09. The van der Waals surface area contributed by atoms with Crippen molar-refractivity contribution in [3.05, 3.63) is 41.7 Å². The Balaban J connectivity index is 1.55. The summed E-state index contributed by atoms with van der Waals surface area (Å²) in [6.45, 7) is 6.92. The lowest BCUT2D eigenvalue weighted by Crippen LogP contribution is -2.46. The zero-order valence-electron chi connectivity index (χ0n) is 19.2. The van der Waals surface area contributed by atoms with Crippen LogP contribution in [-0.4, -0.2) is 75.0 Å². The van der Waals surface area contributed by atoms with Gasteiger partial charge in [0.05, 0.1) is 29.7 Å². The topological polar surface area (TPSA) is 83.7 Å². The lowest BCUT2D eigenvalue weighted by atomic mass is 9.98. The second kappa shape index (κ2) is 8.55. The zero-order chi connectivity index (χ0) is 23.2. The van der Waals surface area contributed by atoms with E-state index in [9.17, 15) is 9.90 Å². The number of carbonyl (C=O) groups is 1. The molecule has 174 valence electrons. The van der Waals surface area contributed by atoms with E-state index in [0.29, 0.717) is 13.2 Å². The highest BCUT2D eigenvalue weighted by atomic mass is 32.1. The predicted octanol–water partition coefficient (Wildman–Crippen LogP) is 2.82. The summed E-state index contributed by atoms with van der Waals surface area (Å²) in [5, 5.41) is 14.6. The van der Waals surface area contributed by atoms with Gasteiger partial charge >= 0.3 is 0 Å². The van der Waals surface area contributed by atoms with Crippen molar-refractivity contribution in [1.29, 1.82) is 0 Å². The first kappa shape index (κ1) is 22.1. The van der Waals surface area contributed by atoms with Crippen molar-refractivity contribution in [3.63, 3.8) is 0 Å². The smallest absolute Gasteiger partial charge is 0.210 e. The van der Waals surface area contributed by atoms with E-state index < -0.39 is 5.60 Å². The third-order valence-corrected chi connectivity index (χ3v) is 7.41. The Morgan fingerprint density at radius 1 is 1.30 bits per heavy atom. The Kier molecular flexibility index (Phi) is 5.72. The maximum atomic E-state index is 11.7. The minimum atomic E-state index is -0.885. The predicted molar refractivity (Wildman–Crippen MR) is 127 cm³/mol. The molecular weight excluding hydrogens is 438 g/mol. The molecule has 2 aliphatic heterocycles. The summed E-state index contributed by atoms with van der Waals surface area (Å²) < 4.78 is 7.84. The fourth-order valence-electron chi connectivity index (χ4n) is 4.58. The molecule has 1 unspecified atom stereocenters. The number of fused-ring (bicyclic) bond motifs is 3. The van der Waals surface area contributed by atoms with Gasteiger partial charge in [-0.1, -0.05) is 6.07 Å². The molecule has 2 aromatic heterocycles. The number of nitrogens with zero attached hydrogens (tertiary/aromatic N) is 5. The highest BCUT2D eigenvalue weighted by Gasteiger charge is 2.28. The van der Waals surface area contributed by atoms with Crippen LogP contribution >= 0.6 is 11.3 Å². The first-order chi connectivity index (χ1) is 15.8. The van der Waals surface area contributed by atoms with Crippen LogP contribution in [0.5, 0.6) is 5.75 Å². The number of benzene rings is 1. The Bertz CT molecular complexity index is 1170. The number of hydrogen-bond donors (Lipinski definition) is 1. The summed E-state index contributed by atoms with van der Waals surface area (Å²) in [5.41, 5.74) is 2.51. The molecule has 1 N–H and O–H groups in total. The highest BCUT2D eigenvalue weighted by Crippen LogP contribution is 2.44. The molecule has 9 heteroatoms.